The Labute approximate surface area is 258 Å². The number of carbonyl (C=O) groups is 3. The number of carbonyl (C=O) groups excluding carboxylic acids is 3. The first-order chi connectivity index (χ1) is 20.6. The average molecular weight is 618 g/mol. The first-order valence-corrected chi connectivity index (χ1v) is 15.1. The van der Waals surface area contributed by atoms with Gasteiger partial charge in [0.05, 0.1) is 6.61 Å². The van der Waals surface area contributed by atoms with E-state index in [1.54, 1.807) is 31.7 Å². The minimum atomic E-state index is -0.858. The lowest BCUT2D eigenvalue weighted by molar-refractivity contribution is -0.154. The van der Waals surface area contributed by atoms with Gasteiger partial charge in [0.25, 0.3) is 5.91 Å². The quantitative estimate of drug-likeness (QED) is 0.176. The van der Waals surface area contributed by atoms with Gasteiger partial charge in [-0.1, -0.05) is 18.6 Å². The molecule has 242 valence electrons. The summed E-state index contributed by atoms with van der Waals surface area (Å²) in [5.41, 5.74) is 0.590. The van der Waals surface area contributed by atoms with Crippen LogP contribution in [0.5, 0.6) is 5.75 Å². The molecule has 44 heavy (non-hydrogen) atoms. The number of aliphatic imine (C=N–C) groups is 1. The van der Waals surface area contributed by atoms with Crippen molar-refractivity contribution in [2.45, 2.75) is 91.8 Å². The van der Waals surface area contributed by atoms with Crippen LogP contribution in [0.3, 0.4) is 0 Å². The van der Waals surface area contributed by atoms with E-state index in [9.17, 15) is 14.4 Å². The Morgan fingerprint density at radius 2 is 1.73 bits per heavy atom. The van der Waals surface area contributed by atoms with Gasteiger partial charge in [0.15, 0.2) is 17.4 Å². The fourth-order valence-corrected chi connectivity index (χ4v) is 4.35. The Morgan fingerprint density at radius 3 is 2.27 bits per heavy atom. The van der Waals surface area contributed by atoms with Gasteiger partial charge in [0, 0.05) is 24.9 Å². The molecular weight excluding hydrogens is 572 g/mol. The van der Waals surface area contributed by atoms with Crippen LogP contribution in [-0.4, -0.2) is 66.0 Å². The van der Waals surface area contributed by atoms with Crippen LogP contribution in [0.15, 0.2) is 35.0 Å². The zero-order chi connectivity index (χ0) is 32.7. The van der Waals surface area contributed by atoms with Crippen molar-refractivity contribution in [3.8, 4) is 5.75 Å². The topological polar surface area (TPSA) is 107 Å². The molecule has 11 heteroatoms. The lowest BCUT2D eigenvalue weighted by Crippen LogP contribution is -2.41. The number of esters is 1. The molecule has 1 aliphatic heterocycles. The van der Waals surface area contributed by atoms with Gasteiger partial charge in [-0.25, -0.2) is 13.6 Å². The van der Waals surface area contributed by atoms with E-state index in [0.29, 0.717) is 37.9 Å². The maximum atomic E-state index is 15.2. The van der Waals surface area contributed by atoms with Gasteiger partial charge in [-0.3, -0.25) is 14.6 Å². The zero-order valence-corrected chi connectivity index (χ0v) is 26.9. The third-order valence-electron chi connectivity index (χ3n) is 7.45. The molecule has 0 radical (unpaired) electrons. The van der Waals surface area contributed by atoms with Crippen LogP contribution in [0.4, 0.5) is 13.6 Å². The number of hydrogen-bond acceptors (Lipinski definition) is 7. The molecule has 2 aliphatic rings. The highest BCUT2D eigenvalue weighted by atomic mass is 19.1. The van der Waals surface area contributed by atoms with Crippen LogP contribution in [-0.2, 0) is 19.1 Å². The van der Waals surface area contributed by atoms with E-state index in [-0.39, 0.29) is 42.0 Å². The molecule has 1 heterocycles. The van der Waals surface area contributed by atoms with E-state index < -0.39 is 34.9 Å². The normalized spacial score (nSPS) is 17.7. The second-order valence-corrected chi connectivity index (χ2v) is 12.7. The molecule has 1 saturated carbocycles. The van der Waals surface area contributed by atoms with Crippen molar-refractivity contribution in [3.63, 3.8) is 0 Å². The number of likely N-dealkylation sites (tertiary alicyclic amines) is 1. The molecule has 0 unspecified atom stereocenters. The third kappa shape index (κ3) is 10.7. The van der Waals surface area contributed by atoms with E-state index in [4.69, 9.17) is 14.2 Å². The predicted octanol–water partition coefficient (Wildman–Crippen LogP) is 6.36. The molecule has 3 rings (SSSR count). The smallest absolute Gasteiger partial charge is 0.410 e. The van der Waals surface area contributed by atoms with Crippen molar-refractivity contribution < 1.29 is 37.4 Å². The van der Waals surface area contributed by atoms with Crippen molar-refractivity contribution in [2.24, 2.45) is 10.9 Å². The second kappa shape index (κ2) is 14.8. The summed E-state index contributed by atoms with van der Waals surface area (Å²) < 4.78 is 46.6. The number of piperidine rings is 1. The van der Waals surface area contributed by atoms with Crippen molar-refractivity contribution >= 4 is 29.3 Å². The number of amides is 2. The molecule has 1 aliphatic carbocycles. The van der Waals surface area contributed by atoms with Gasteiger partial charge in [0.2, 0.25) is 0 Å². The van der Waals surface area contributed by atoms with Crippen molar-refractivity contribution in [3.05, 3.63) is 47.2 Å². The number of allylic oxidation sites excluding steroid dienone is 3. The SMILES string of the molecule is CCC(C)=CC(=CN=C(C)C(=O)NCC(=O)OC(C)(C)C)c1cc(F)c(OCC2CCN(C(=O)OC3(C)CC3)CC2)c(F)c1. The van der Waals surface area contributed by atoms with Crippen LogP contribution in [0, 0.1) is 17.6 Å². The Hall–Kier alpha value is -3.76. The van der Waals surface area contributed by atoms with Crippen LogP contribution in [0.1, 0.15) is 86.1 Å². The number of halogens is 2. The van der Waals surface area contributed by atoms with Crippen LogP contribution >= 0.6 is 0 Å². The van der Waals surface area contributed by atoms with E-state index >= 15 is 8.78 Å². The third-order valence-corrected chi connectivity index (χ3v) is 7.45. The molecule has 1 aromatic rings. The monoisotopic (exact) mass is 617 g/mol. The maximum absolute atomic E-state index is 15.2. The molecule has 0 atom stereocenters. The van der Waals surface area contributed by atoms with Gasteiger partial charge >= 0.3 is 12.1 Å². The number of benzene rings is 1. The summed E-state index contributed by atoms with van der Waals surface area (Å²) in [7, 11) is 0. The lowest BCUT2D eigenvalue weighted by Gasteiger charge is -2.32. The number of nitrogens with one attached hydrogen (secondary N) is 1. The molecule has 2 fully saturated rings. The molecule has 9 nitrogen and oxygen atoms in total. The van der Waals surface area contributed by atoms with Crippen LogP contribution in [0.2, 0.25) is 0 Å². The Kier molecular flexibility index (Phi) is 11.7. The first kappa shape index (κ1) is 34.7. The van der Waals surface area contributed by atoms with Crippen LogP contribution in [0.25, 0.3) is 5.57 Å². The molecule has 0 aromatic heterocycles. The van der Waals surface area contributed by atoms with Crippen molar-refractivity contribution in [1.29, 1.82) is 0 Å². The molecule has 0 bridgehead atoms. The van der Waals surface area contributed by atoms with E-state index in [0.717, 1.165) is 18.4 Å². The van der Waals surface area contributed by atoms with Gasteiger partial charge < -0.3 is 24.4 Å². The minimum Gasteiger partial charge on any atom is -0.487 e. The largest absolute Gasteiger partial charge is 0.487 e. The number of rotatable bonds is 11. The molecule has 0 spiro atoms. The average Bonchev–Trinajstić information content (AvgIpc) is 3.68. The maximum Gasteiger partial charge on any atom is 0.410 e. The van der Waals surface area contributed by atoms with E-state index in [1.165, 1.54) is 25.3 Å². The highest BCUT2D eigenvalue weighted by Gasteiger charge is 2.43. The van der Waals surface area contributed by atoms with Gasteiger partial charge in [-0.05, 0) is 97.3 Å². The number of nitrogens with zero attached hydrogens (tertiary/aromatic N) is 2. The van der Waals surface area contributed by atoms with Crippen molar-refractivity contribution in [1.82, 2.24) is 10.2 Å². The molecule has 1 aromatic carbocycles. The Bertz CT molecular complexity index is 1300. The lowest BCUT2D eigenvalue weighted by atomic mass is 9.98. The highest BCUT2D eigenvalue weighted by molar-refractivity contribution is 6.38. The minimum absolute atomic E-state index is 0.0402. The zero-order valence-electron chi connectivity index (χ0n) is 26.9. The second-order valence-electron chi connectivity index (χ2n) is 12.7. The van der Waals surface area contributed by atoms with Gasteiger partial charge in [-0.2, -0.15) is 0 Å². The van der Waals surface area contributed by atoms with Crippen LogP contribution < -0.4 is 10.1 Å². The standard InChI is InChI=1S/C33H45F2N3O6/c1-8-21(2)15-25(18-36-22(3)30(40)37-19-28(39)43-32(4,5)6)24-16-26(34)29(27(35)17-24)42-20-23-9-13-38(14-10-23)31(41)44-33(7)11-12-33/h15-18,23H,8-14,19-20H2,1-7H3,(H,37,40). The van der Waals surface area contributed by atoms with E-state index in [1.807, 2.05) is 20.8 Å². The molecular formula is C33H45F2N3O6. The molecule has 1 N–H and O–H groups in total. The summed E-state index contributed by atoms with van der Waals surface area (Å²) >= 11 is 0. The number of hydrogen-bond donors (Lipinski definition) is 1. The van der Waals surface area contributed by atoms with Gasteiger partial charge in [0.1, 0.15) is 23.5 Å². The van der Waals surface area contributed by atoms with E-state index in [2.05, 4.69) is 10.3 Å². The number of ether oxygens (including phenoxy) is 3. The predicted molar refractivity (Wildman–Crippen MR) is 164 cm³/mol. The Balaban J connectivity index is 1.65. The summed E-state index contributed by atoms with van der Waals surface area (Å²) in [6.07, 6.45) is 6.53. The summed E-state index contributed by atoms with van der Waals surface area (Å²) in [5, 5.41) is 2.46. The summed E-state index contributed by atoms with van der Waals surface area (Å²) in [6.45, 7) is 13.2. The fraction of sp³-hybridized carbons (Fsp3) is 0.576. The molecule has 1 saturated heterocycles. The highest BCUT2D eigenvalue weighted by Crippen LogP contribution is 2.39. The first-order valence-electron chi connectivity index (χ1n) is 15.1. The fourth-order valence-electron chi connectivity index (χ4n) is 4.35. The summed E-state index contributed by atoms with van der Waals surface area (Å²) in [4.78, 5) is 42.6. The van der Waals surface area contributed by atoms with Gasteiger partial charge in [-0.15, -0.1) is 0 Å². The van der Waals surface area contributed by atoms with Crippen molar-refractivity contribution in [2.75, 3.05) is 26.2 Å². The summed E-state index contributed by atoms with van der Waals surface area (Å²) in [5.74, 6) is -3.31. The molecule has 2 amide bonds. The Morgan fingerprint density at radius 1 is 1.11 bits per heavy atom. The summed E-state index contributed by atoms with van der Waals surface area (Å²) in [6, 6.07) is 2.35.